The van der Waals surface area contributed by atoms with Crippen molar-refractivity contribution in [3.05, 3.63) is 24.3 Å². The van der Waals surface area contributed by atoms with Gasteiger partial charge in [0.05, 0.1) is 22.8 Å². The molecule has 0 aromatic heterocycles. The monoisotopic (exact) mass is 295 g/mol. The fourth-order valence-electron chi connectivity index (χ4n) is 1.68. The van der Waals surface area contributed by atoms with Gasteiger partial charge in [0.25, 0.3) is 0 Å². The zero-order valence-electron chi connectivity index (χ0n) is 10.7. The highest BCUT2D eigenvalue weighted by Crippen LogP contribution is 2.26. The molecule has 1 atom stereocenters. The molecular formula is C12H16F3NO2S. The van der Waals surface area contributed by atoms with E-state index in [1.54, 1.807) is 12.1 Å². The summed E-state index contributed by atoms with van der Waals surface area (Å²) in [4.78, 5) is 0.0338. The van der Waals surface area contributed by atoms with Gasteiger partial charge in [-0.05, 0) is 19.1 Å². The first-order valence-electron chi connectivity index (χ1n) is 5.81. The Labute approximate surface area is 110 Å². The summed E-state index contributed by atoms with van der Waals surface area (Å²) in [5.41, 5.74) is 0.209. The smallest absolute Gasteiger partial charge is 0.381 e. The van der Waals surface area contributed by atoms with Gasteiger partial charge in [0, 0.05) is 6.04 Å². The molecule has 0 heterocycles. The van der Waals surface area contributed by atoms with Crippen LogP contribution in [0.5, 0.6) is 0 Å². The second-order valence-electron chi connectivity index (χ2n) is 4.26. The number of para-hydroxylation sites is 1. The van der Waals surface area contributed by atoms with Gasteiger partial charge >= 0.3 is 6.18 Å². The van der Waals surface area contributed by atoms with E-state index >= 15 is 0 Å². The van der Waals surface area contributed by atoms with E-state index in [-0.39, 0.29) is 16.3 Å². The summed E-state index contributed by atoms with van der Waals surface area (Å²) in [5, 5.41) is 2.61. The SMILES string of the molecule is CCS(=O)(=O)c1ccccc1NC(C)CC(F)(F)F. The van der Waals surface area contributed by atoms with Crippen molar-refractivity contribution in [3.63, 3.8) is 0 Å². The number of sulfone groups is 1. The maximum Gasteiger partial charge on any atom is 0.391 e. The molecule has 1 rings (SSSR count). The molecule has 1 N–H and O–H groups in total. The number of hydrogen-bond acceptors (Lipinski definition) is 3. The summed E-state index contributed by atoms with van der Waals surface area (Å²) >= 11 is 0. The summed E-state index contributed by atoms with van der Waals surface area (Å²) in [7, 11) is -3.46. The Bertz CT molecular complexity index is 526. The molecule has 0 radical (unpaired) electrons. The van der Waals surface area contributed by atoms with Crippen LogP contribution in [-0.4, -0.2) is 26.4 Å². The highest BCUT2D eigenvalue weighted by atomic mass is 32.2. The standard InChI is InChI=1S/C12H16F3NO2S/c1-3-19(17,18)11-7-5-4-6-10(11)16-9(2)8-12(13,14)15/h4-7,9,16H,3,8H2,1-2H3. The molecule has 0 spiro atoms. The van der Waals surface area contributed by atoms with Crippen molar-refractivity contribution in [2.75, 3.05) is 11.1 Å². The largest absolute Gasteiger partial charge is 0.391 e. The highest BCUT2D eigenvalue weighted by Gasteiger charge is 2.30. The van der Waals surface area contributed by atoms with E-state index in [0.717, 1.165) is 0 Å². The Morgan fingerprint density at radius 1 is 1.26 bits per heavy atom. The number of anilines is 1. The van der Waals surface area contributed by atoms with Crippen molar-refractivity contribution in [2.24, 2.45) is 0 Å². The average molecular weight is 295 g/mol. The van der Waals surface area contributed by atoms with Crippen LogP contribution in [0, 0.1) is 0 Å². The summed E-state index contributed by atoms with van der Waals surface area (Å²) in [5.74, 6) is -0.0979. The molecular weight excluding hydrogens is 279 g/mol. The van der Waals surface area contributed by atoms with Gasteiger partial charge < -0.3 is 5.32 Å². The first-order valence-corrected chi connectivity index (χ1v) is 7.46. The van der Waals surface area contributed by atoms with Crippen molar-refractivity contribution < 1.29 is 21.6 Å². The Morgan fingerprint density at radius 2 is 1.84 bits per heavy atom. The van der Waals surface area contributed by atoms with Gasteiger partial charge in [-0.2, -0.15) is 13.2 Å². The van der Waals surface area contributed by atoms with Gasteiger partial charge in [-0.1, -0.05) is 19.1 Å². The molecule has 1 aromatic carbocycles. The number of alkyl halides is 3. The number of halogens is 3. The van der Waals surface area contributed by atoms with Crippen molar-refractivity contribution in [1.82, 2.24) is 0 Å². The molecule has 0 fully saturated rings. The molecule has 7 heteroatoms. The van der Waals surface area contributed by atoms with Crippen molar-refractivity contribution in [3.8, 4) is 0 Å². The average Bonchev–Trinajstić information content (AvgIpc) is 2.27. The summed E-state index contributed by atoms with van der Waals surface area (Å²) < 4.78 is 60.4. The predicted molar refractivity (Wildman–Crippen MR) is 67.9 cm³/mol. The van der Waals surface area contributed by atoms with Crippen LogP contribution in [0.1, 0.15) is 20.3 Å². The van der Waals surface area contributed by atoms with Crippen LogP contribution in [0.25, 0.3) is 0 Å². The number of benzene rings is 1. The van der Waals surface area contributed by atoms with Crippen molar-refractivity contribution in [2.45, 2.75) is 37.4 Å². The van der Waals surface area contributed by atoms with E-state index in [4.69, 9.17) is 0 Å². The number of hydrogen-bond donors (Lipinski definition) is 1. The van der Waals surface area contributed by atoms with E-state index in [9.17, 15) is 21.6 Å². The minimum Gasteiger partial charge on any atom is -0.381 e. The lowest BCUT2D eigenvalue weighted by atomic mass is 10.2. The van der Waals surface area contributed by atoms with Crippen LogP contribution in [0.4, 0.5) is 18.9 Å². The Balaban J connectivity index is 2.97. The quantitative estimate of drug-likeness (QED) is 0.907. The van der Waals surface area contributed by atoms with Crippen LogP contribution < -0.4 is 5.32 Å². The second kappa shape index (κ2) is 5.81. The van der Waals surface area contributed by atoms with Crippen LogP contribution in [0.3, 0.4) is 0 Å². The summed E-state index contributed by atoms with van der Waals surface area (Å²) in [6.07, 6.45) is -5.31. The molecule has 0 aliphatic heterocycles. The van der Waals surface area contributed by atoms with Crippen molar-refractivity contribution in [1.29, 1.82) is 0 Å². The topological polar surface area (TPSA) is 46.2 Å². The zero-order valence-corrected chi connectivity index (χ0v) is 11.5. The second-order valence-corrected chi connectivity index (χ2v) is 6.51. The lowest BCUT2D eigenvalue weighted by Gasteiger charge is -2.19. The molecule has 0 aliphatic rings. The van der Waals surface area contributed by atoms with Crippen LogP contribution >= 0.6 is 0 Å². The molecule has 0 amide bonds. The molecule has 19 heavy (non-hydrogen) atoms. The van der Waals surface area contributed by atoms with Gasteiger partial charge in [-0.15, -0.1) is 0 Å². The molecule has 108 valence electrons. The molecule has 0 saturated heterocycles. The lowest BCUT2D eigenvalue weighted by molar-refractivity contribution is -0.136. The molecule has 3 nitrogen and oxygen atoms in total. The Hall–Kier alpha value is -1.24. The third-order valence-electron chi connectivity index (χ3n) is 2.54. The maximum absolute atomic E-state index is 12.3. The van der Waals surface area contributed by atoms with E-state index in [0.29, 0.717) is 0 Å². The van der Waals surface area contributed by atoms with Gasteiger partial charge in [-0.25, -0.2) is 8.42 Å². The summed E-state index contributed by atoms with van der Waals surface area (Å²) in [6.45, 7) is 2.86. The maximum atomic E-state index is 12.3. The Kier molecular flexibility index (Phi) is 4.84. The predicted octanol–water partition coefficient (Wildman–Crippen LogP) is 3.23. The van der Waals surface area contributed by atoms with Gasteiger partial charge in [-0.3, -0.25) is 0 Å². The van der Waals surface area contributed by atoms with Gasteiger partial charge in [0.1, 0.15) is 0 Å². The summed E-state index contributed by atoms with van der Waals surface area (Å²) in [6, 6.07) is 5.09. The minimum atomic E-state index is -4.29. The number of rotatable bonds is 5. The van der Waals surface area contributed by atoms with Crippen molar-refractivity contribution >= 4 is 15.5 Å². The fraction of sp³-hybridized carbons (Fsp3) is 0.500. The molecule has 1 unspecified atom stereocenters. The third-order valence-corrected chi connectivity index (χ3v) is 4.33. The number of nitrogens with one attached hydrogen (secondary N) is 1. The highest BCUT2D eigenvalue weighted by molar-refractivity contribution is 7.91. The van der Waals surface area contributed by atoms with E-state index < -0.39 is 28.5 Å². The minimum absolute atomic E-state index is 0.0338. The van der Waals surface area contributed by atoms with Crippen LogP contribution in [0.2, 0.25) is 0 Å². The normalized spacial score (nSPS) is 14.2. The first-order chi connectivity index (χ1) is 8.65. The van der Waals surface area contributed by atoms with Gasteiger partial charge in [0.2, 0.25) is 0 Å². The molecule has 0 saturated carbocycles. The lowest BCUT2D eigenvalue weighted by Crippen LogP contribution is -2.24. The van der Waals surface area contributed by atoms with Crippen LogP contribution in [-0.2, 0) is 9.84 Å². The fourth-order valence-corrected chi connectivity index (χ4v) is 2.74. The van der Waals surface area contributed by atoms with E-state index in [2.05, 4.69) is 5.32 Å². The first kappa shape index (κ1) is 15.8. The van der Waals surface area contributed by atoms with Gasteiger partial charge in [0.15, 0.2) is 9.84 Å². The molecule has 0 bridgehead atoms. The molecule has 1 aromatic rings. The zero-order chi connectivity index (χ0) is 14.7. The molecule has 0 aliphatic carbocycles. The third kappa shape index (κ3) is 4.74. The Morgan fingerprint density at radius 3 is 2.37 bits per heavy atom. The van der Waals surface area contributed by atoms with E-state index in [1.807, 2.05) is 0 Å². The van der Waals surface area contributed by atoms with E-state index in [1.165, 1.54) is 26.0 Å². The van der Waals surface area contributed by atoms with Crippen LogP contribution in [0.15, 0.2) is 29.2 Å².